The molecule has 2 aromatic carbocycles. The molecule has 1 aliphatic rings. The molecule has 7 heteroatoms. The molecule has 25 heavy (non-hydrogen) atoms. The van der Waals surface area contributed by atoms with E-state index in [4.69, 9.17) is 11.6 Å². The second-order valence-electron chi connectivity index (χ2n) is 6.06. The van der Waals surface area contributed by atoms with E-state index in [1.165, 1.54) is 4.31 Å². The number of benzene rings is 2. The largest absolute Gasteiger partial charge is 0.322 e. The van der Waals surface area contributed by atoms with Crippen LogP contribution in [-0.2, 0) is 10.0 Å². The minimum atomic E-state index is -3.27. The molecule has 1 saturated heterocycles. The Hall–Kier alpha value is -2.05. The van der Waals surface area contributed by atoms with Gasteiger partial charge in [-0.25, -0.2) is 8.42 Å². The van der Waals surface area contributed by atoms with Crippen molar-refractivity contribution in [3.05, 3.63) is 58.6 Å². The summed E-state index contributed by atoms with van der Waals surface area (Å²) >= 11 is 5.92. The molecule has 0 radical (unpaired) electrons. The van der Waals surface area contributed by atoms with Crippen LogP contribution >= 0.6 is 11.6 Å². The summed E-state index contributed by atoms with van der Waals surface area (Å²) in [7, 11) is -3.27. The summed E-state index contributed by atoms with van der Waals surface area (Å²) in [5.41, 5.74) is 2.47. The predicted octanol–water partition coefficient (Wildman–Crippen LogP) is 3.83. The number of carbonyl (C=O) groups is 1. The summed E-state index contributed by atoms with van der Waals surface area (Å²) < 4.78 is 26.0. The van der Waals surface area contributed by atoms with Crippen molar-refractivity contribution in [2.75, 3.05) is 21.9 Å². The van der Waals surface area contributed by atoms with Crippen LogP contribution in [0.3, 0.4) is 0 Å². The van der Waals surface area contributed by atoms with E-state index in [1.54, 1.807) is 42.5 Å². The standard InChI is InChI=1S/C18H19ClN2O3S/c1-13-11-14(18(22)20-16-6-4-5-15(19)12-16)7-8-17(13)21-9-2-3-10-25(21,23)24/h4-8,11-12H,2-3,9-10H2,1H3,(H,20,22). The van der Waals surface area contributed by atoms with Crippen molar-refractivity contribution in [2.45, 2.75) is 19.8 Å². The van der Waals surface area contributed by atoms with Crippen LogP contribution in [0, 0.1) is 6.92 Å². The smallest absolute Gasteiger partial charge is 0.255 e. The highest BCUT2D eigenvalue weighted by Crippen LogP contribution is 2.28. The summed E-state index contributed by atoms with van der Waals surface area (Å²) in [6.07, 6.45) is 1.54. The highest BCUT2D eigenvalue weighted by molar-refractivity contribution is 7.92. The zero-order chi connectivity index (χ0) is 18.0. The summed E-state index contributed by atoms with van der Waals surface area (Å²) in [6.45, 7) is 2.30. The first-order chi connectivity index (χ1) is 11.9. The van der Waals surface area contributed by atoms with Crippen molar-refractivity contribution in [3.63, 3.8) is 0 Å². The van der Waals surface area contributed by atoms with E-state index in [0.717, 1.165) is 12.0 Å². The fourth-order valence-corrected chi connectivity index (χ4v) is 4.80. The normalized spacial score (nSPS) is 16.5. The molecular weight excluding hydrogens is 360 g/mol. The average molecular weight is 379 g/mol. The van der Waals surface area contributed by atoms with Gasteiger partial charge in [0, 0.05) is 22.8 Å². The molecule has 1 aliphatic heterocycles. The van der Waals surface area contributed by atoms with Crippen molar-refractivity contribution in [2.24, 2.45) is 0 Å². The van der Waals surface area contributed by atoms with Gasteiger partial charge in [0.05, 0.1) is 11.4 Å². The molecule has 2 aromatic rings. The van der Waals surface area contributed by atoms with Gasteiger partial charge in [0.15, 0.2) is 0 Å². The Balaban J connectivity index is 1.83. The molecule has 0 saturated carbocycles. The van der Waals surface area contributed by atoms with Gasteiger partial charge >= 0.3 is 0 Å². The topological polar surface area (TPSA) is 66.5 Å². The third-order valence-corrected chi connectivity index (χ3v) is 6.25. The van der Waals surface area contributed by atoms with Gasteiger partial charge in [-0.1, -0.05) is 17.7 Å². The lowest BCUT2D eigenvalue weighted by Gasteiger charge is -2.29. The van der Waals surface area contributed by atoms with Crippen LogP contribution in [-0.4, -0.2) is 26.6 Å². The second kappa shape index (κ2) is 7.06. The third-order valence-electron chi connectivity index (χ3n) is 4.16. The molecule has 0 unspecified atom stereocenters. The Bertz CT molecular complexity index is 912. The average Bonchev–Trinajstić information content (AvgIpc) is 2.55. The first kappa shape index (κ1) is 17.8. The second-order valence-corrected chi connectivity index (χ2v) is 8.51. The maximum Gasteiger partial charge on any atom is 0.255 e. The van der Waals surface area contributed by atoms with Gasteiger partial charge in [0.25, 0.3) is 5.91 Å². The van der Waals surface area contributed by atoms with Gasteiger partial charge in [-0.2, -0.15) is 0 Å². The number of sulfonamides is 1. The first-order valence-corrected chi connectivity index (χ1v) is 10.0. The predicted molar refractivity (Wildman–Crippen MR) is 101 cm³/mol. The van der Waals surface area contributed by atoms with Gasteiger partial charge in [0.2, 0.25) is 10.0 Å². The number of amides is 1. The maximum absolute atomic E-state index is 12.4. The van der Waals surface area contributed by atoms with E-state index in [2.05, 4.69) is 5.32 Å². The van der Waals surface area contributed by atoms with Gasteiger partial charge in [-0.3, -0.25) is 9.10 Å². The maximum atomic E-state index is 12.4. The zero-order valence-electron chi connectivity index (χ0n) is 13.8. The van der Waals surface area contributed by atoms with Gasteiger partial charge in [-0.15, -0.1) is 0 Å². The number of anilines is 2. The van der Waals surface area contributed by atoms with Crippen LogP contribution < -0.4 is 9.62 Å². The number of aryl methyl sites for hydroxylation is 1. The number of halogens is 1. The molecule has 1 heterocycles. The van der Waals surface area contributed by atoms with Crippen molar-refractivity contribution >= 4 is 38.9 Å². The molecule has 1 amide bonds. The number of carbonyl (C=O) groups excluding carboxylic acids is 1. The minimum Gasteiger partial charge on any atom is -0.322 e. The third kappa shape index (κ3) is 3.96. The molecule has 132 valence electrons. The SMILES string of the molecule is Cc1cc(C(=O)Nc2cccc(Cl)c2)ccc1N1CCCCS1(=O)=O. The molecule has 5 nitrogen and oxygen atoms in total. The van der Waals surface area contributed by atoms with E-state index in [9.17, 15) is 13.2 Å². The van der Waals surface area contributed by atoms with E-state index in [-0.39, 0.29) is 11.7 Å². The first-order valence-electron chi connectivity index (χ1n) is 8.05. The van der Waals surface area contributed by atoms with E-state index < -0.39 is 10.0 Å². The summed E-state index contributed by atoms with van der Waals surface area (Å²) in [4.78, 5) is 12.4. The number of hydrogen-bond donors (Lipinski definition) is 1. The minimum absolute atomic E-state index is 0.170. The Labute approximate surface area is 152 Å². The molecule has 1 N–H and O–H groups in total. The quantitative estimate of drug-likeness (QED) is 0.882. The van der Waals surface area contributed by atoms with Crippen molar-refractivity contribution in [1.29, 1.82) is 0 Å². The Morgan fingerprint density at radius 2 is 1.96 bits per heavy atom. The van der Waals surface area contributed by atoms with E-state index >= 15 is 0 Å². The number of hydrogen-bond acceptors (Lipinski definition) is 3. The molecule has 0 aliphatic carbocycles. The van der Waals surface area contributed by atoms with Crippen molar-refractivity contribution < 1.29 is 13.2 Å². The van der Waals surface area contributed by atoms with Crippen molar-refractivity contribution in [1.82, 2.24) is 0 Å². The van der Waals surface area contributed by atoms with Gasteiger partial charge in [-0.05, 0) is 61.7 Å². The highest BCUT2D eigenvalue weighted by atomic mass is 35.5. The number of nitrogens with one attached hydrogen (secondary N) is 1. The molecule has 3 rings (SSSR count). The molecule has 1 fully saturated rings. The number of nitrogens with zero attached hydrogens (tertiary/aromatic N) is 1. The molecule has 0 aromatic heterocycles. The molecule has 0 bridgehead atoms. The zero-order valence-corrected chi connectivity index (χ0v) is 15.4. The lowest BCUT2D eigenvalue weighted by atomic mass is 10.1. The highest BCUT2D eigenvalue weighted by Gasteiger charge is 2.27. The Morgan fingerprint density at radius 1 is 1.16 bits per heavy atom. The van der Waals surface area contributed by atoms with Crippen LogP contribution in [0.25, 0.3) is 0 Å². The fourth-order valence-electron chi connectivity index (χ4n) is 2.91. The Kier molecular flexibility index (Phi) is 5.01. The molecular formula is C18H19ClN2O3S. The van der Waals surface area contributed by atoms with E-state index in [0.29, 0.717) is 34.9 Å². The summed E-state index contributed by atoms with van der Waals surface area (Å²) in [6, 6.07) is 12.0. The summed E-state index contributed by atoms with van der Waals surface area (Å²) in [5, 5.41) is 3.33. The fraction of sp³-hybridized carbons (Fsp3) is 0.278. The lowest BCUT2D eigenvalue weighted by Crippen LogP contribution is -2.38. The van der Waals surface area contributed by atoms with Crippen LogP contribution in [0.5, 0.6) is 0 Å². The molecule has 0 atom stereocenters. The van der Waals surface area contributed by atoms with E-state index in [1.807, 2.05) is 6.92 Å². The lowest BCUT2D eigenvalue weighted by molar-refractivity contribution is 0.102. The van der Waals surface area contributed by atoms with Crippen LogP contribution in [0.15, 0.2) is 42.5 Å². The van der Waals surface area contributed by atoms with Crippen LogP contribution in [0.2, 0.25) is 5.02 Å². The van der Waals surface area contributed by atoms with Gasteiger partial charge < -0.3 is 5.32 Å². The van der Waals surface area contributed by atoms with Crippen LogP contribution in [0.4, 0.5) is 11.4 Å². The number of rotatable bonds is 3. The monoisotopic (exact) mass is 378 g/mol. The summed E-state index contributed by atoms with van der Waals surface area (Å²) in [5.74, 6) is -0.0953. The Morgan fingerprint density at radius 3 is 2.64 bits per heavy atom. The van der Waals surface area contributed by atoms with Crippen LogP contribution in [0.1, 0.15) is 28.8 Å². The van der Waals surface area contributed by atoms with Crippen molar-refractivity contribution in [3.8, 4) is 0 Å². The molecule has 0 spiro atoms. The van der Waals surface area contributed by atoms with Gasteiger partial charge in [0.1, 0.15) is 0 Å².